The minimum atomic E-state index is -0.252. The Labute approximate surface area is 103 Å². The summed E-state index contributed by atoms with van der Waals surface area (Å²) in [6.07, 6.45) is 2.65. The molecule has 0 bridgehead atoms. The number of halogens is 1. The number of nitrogens with zero attached hydrogens (tertiary/aromatic N) is 2. The molecule has 0 aromatic carbocycles. The predicted molar refractivity (Wildman–Crippen MR) is 62.5 cm³/mol. The van der Waals surface area contributed by atoms with E-state index in [1.165, 1.54) is 12.8 Å². The van der Waals surface area contributed by atoms with Crippen LogP contribution in [0.5, 0.6) is 5.88 Å². The Hall–Kier alpha value is -0.550. The van der Waals surface area contributed by atoms with Crippen LogP contribution in [0.4, 0.5) is 0 Å². The first-order valence-electron chi connectivity index (χ1n) is 5.65. The van der Waals surface area contributed by atoms with Gasteiger partial charge in [0.1, 0.15) is 4.60 Å². The minimum absolute atomic E-state index is 0.252. The molecule has 4 nitrogen and oxygen atoms in total. The second kappa shape index (κ2) is 3.74. The third-order valence-electron chi connectivity index (χ3n) is 3.01. The van der Waals surface area contributed by atoms with Crippen LogP contribution >= 0.6 is 15.9 Å². The van der Waals surface area contributed by atoms with E-state index in [-0.39, 0.29) is 5.60 Å². The van der Waals surface area contributed by atoms with Crippen molar-refractivity contribution in [3.05, 3.63) is 10.7 Å². The molecule has 3 rings (SSSR count). The average Bonchev–Trinajstić information content (AvgIpc) is 2.86. The molecular weight excluding hydrogens is 272 g/mol. The van der Waals surface area contributed by atoms with Crippen molar-refractivity contribution in [1.29, 1.82) is 0 Å². The summed E-state index contributed by atoms with van der Waals surface area (Å²) in [5.41, 5.74) is -0.252. The largest absolute Gasteiger partial charge is 0.467 e. The van der Waals surface area contributed by atoms with E-state index in [0.717, 1.165) is 29.6 Å². The van der Waals surface area contributed by atoms with Gasteiger partial charge >= 0.3 is 0 Å². The lowest BCUT2D eigenvalue weighted by Crippen LogP contribution is -2.37. The molecule has 0 radical (unpaired) electrons. The van der Waals surface area contributed by atoms with E-state index in [9.17, 15) is 0 Å². The van der Waals surface area contributed by atoms with Gasteiger partial charge in [0.05, 0.1) is 13.2 Å². The normalized spacial score (nSPS) is 27.9. The number of rotatable bonds is 4. The van der Waals surface area contributed by atoms with Gasteiger partial charge in [-0.25, -0.2) is 4.68 Å². The zero-order chi connectivity index (χ0) is 11.2. The van der Waals surface area contributed by atoms with E-state index in [1.807, 2.05) is 10.7 Å². The summed E-state index contributed by atoms with van der Waals surface area (Å²) in [6.45, 7) is 4.36. The zero-order valence-corrected chi connectivity index (χ0v) is 10.9. The van der Waals surface area contributed by atoms with Gasteiger partial charge in [0.2, 0.25) is 5.88 Å². The first-order chi connectivity index (χ1) is 7.65. The van der Waals surface area contributed by atoms with Gasteiger partial charge in [-0.1, -0.05) is 0 Å². The molecule has 0 saturated heterocycles. The number of ether oxygens (including phenoxy) is 2. The summed E-state index contributed by atoms with van der Waals surface area (Å²) in [7, 11) is 0. The molecule has 1 aliphatic heterocycles. The van der Waals surface area contributed by atoms with Crippen LogP contribution in [-0.2, 0) is 11.3 Å². The molecule has 1 aliphatic carbocycles. The van der Waals surface area contributed by atoms with Gasteiger partial charge in [-0.3, -0.25) is 0 Å². The summed E-state index contributed by atoms with van der Waals surface area (Å²) in [5.74, 6) is 1.63. The highest BCUT2D eigenvalue weighted by Crippen LogP contribution is 2.33. The van der Waals surface area contributed by atoms with Gasteiger partial charge in [-0.05, 0) is 41.6 Å². The first kappa shape index (κ1) is 10.6. The van der Waals surface area contributed by atoms with Gasteiger partial charge in [-0.15, -0.1) is 0 Å². The van der Waals surface area contributed by atoms with Crippen molar-refractivity contribution >= 4 is 15.9 Å². The fourth-order valence-electron chi connectivity index (χ4n) is 1.97. The third-order valence-corrected chi connectivity index (χ3v) is 3.39. The Morgan fingerprint density at radius 3 is 3.19 bits per heavy atom. The third kappa shape index (κ3) is 2.11. The van der Waals surface area contributed by atoms with Crippen molar-refractivity contribution in [2.75, 3.05) is 13.2 Å². The number of hydrogen-bond acceptors (Lipinski definition) is 3. The van der Waals surface area contributed by atoms with Gasteiger partial charge < -0.3 is 9.47 Å². The maximum absolute atomic E-state index is 5.86. The molecule has 1 atom stereocenters. The van der Waals surface area contributed by atoms with Gasteiger partial charge in [0.25, 0.3) is 0 Å². The Morgan fingerprint density at radius 2 is 2.50 bits per heavy atom. The van der Waals surface area contributed by atoms with E-state index < -0.39 is 0 Å². The van der Waals surface area contributed by atoms with Crippen LogP contribution in [0.3, 0.4) is 0 Å². The highest BCUT2D eigenvalue weighted by molar-refractivity contribution is 9.10. The Bertz CT molecular complexity index is 377. The quantitative estimate of drug-likeness (QED) is 0.852. The van der Waals surface area contributed by atoms with Crippen molar-refractivity contribution in [2.45, 2.75) is 31.9 Å². The second-order valence-electron chi connectivity index (χ2n) is 4.97. The predicted octanol–water partition coefficient (Wildman–Crippen LogP) is 2.22. The Kier molecular flexibility index (Phi) is 2.47. The van der Waals surface area contributed by atoms with Crippen LogP contribution in [0.1, 0.15) is 19.8 Å². The molecule has 16 heavy (non-hydrogen) atoms. The summed E-state index contributed by atoms with van der Waals surface area (Å²) < 4.78 is 14.3. The van der Waals surface area contributed by atoms with Crippen LogP contribution in [-0.4, -0.2) is 28.6 Å². The Balaban J connectivity index is 1.57. The summed E-state index contributed by atoms with van der Waals surface area (Å²) in [4.78, 5) is 0. The summed E-state index contributed by atoms with van der Waals surface area (Å²) in [6, 6.07) is 1.89. The average molecular weight is 287 g/mol. The molecule has 2 aliphatic rings. The van der Waals surface area contributed by atoms with Crippen molar-refractivity contribution < 1.29 is 9.47 Å². The van der Waals surface area contributed by atoms with Crippen molar-refractivity contribution in [1.82, 2.24) is 9.78 Å². The summed E-state index contributed by atoms with van der Waals surface area (Å²) in [5, 5.41) is 4.29. The van der Waals surface area contributed by atoms with Crippen molar-refractivity contribution in [3.8, 4) is 5.88 Å². The molecule has 1 fully saturated rings. The fourth-order valence-corrected chi connectivity index (χ4v) is 2.36. The van der Waals surface area contributed by atoms with Crippen LogP contribution in [0.2, 0.25) is 0 Å². The SMILES string of the molecule is CC1(COCC2CC2)Cn2nc(Br)cc2O1. The molecule has 1 aromatic heterocycles. The second-order valence-corrected chi connectivity index (χ2v) is 5.79. The number of hydrogen-bond donors (Lipinski definition) is 0. The molecule has 0 amide bonds. The maximum Gasteiger partial charge on any atom is 0.213 e. The molecular formula is C11H15BrN2O2. The van der Waals surface area contributed by atoms with E-state index >= 15 is 0 Å². The van der Waals surface area contributed by atoms with Crippen LogP contribution < -0.4 is 4.74 Å². The smallest absolute Gasteiger partial charge is 0.213 e. The molecule has 2 heterocycles. The number of fused-ring (bicyclic) bond motifs is 1. The van der Waals surface area contributed by atoms with Gasteiger partial charge in [-0.2, -0.15) is 5.10 Å². The first-order valence-corrected chi connectivity index (χ1v) is 6.44. The minimum Gasteiger partial charge on any atom is -0.467 e. The molecule has 1 saturated carbocycles. The Morgan fingerprint density at radius 1 is 1.69 bits per heavy atom. The van der Waals surface area contributed by atoms with Crippen LogP contribution in [0.15, 0.2) is 10.7 Å². The molecule has 1 aromatic rings. The molecule has 5 heteroatoms. The molecule has 88 valence electrons. The molecule has 0 spiro atoms. The fraction of sp³-hybridized carbons (Fsp3) is 0.727. The lowest BCUT2D eigenvalue weighted by Gasteiger charge is -2.22. The standard InChI is InChI=1S/C11H15BrN2O2/c1-11(7-15-5-8-2-3-8)6-14-10(16-11)4-9(12)13-14/h4,8H,2-3,5-7H2,1H3. The van der Waals surface area contributed by atoms with Gasteiger partial charge in [0.15, 0.2) is 5.60 Å². The van der Waals surface area contributed by atoms with Crippen LogP contribution in [0, 0.1) is 5.92 Å². The van der Waals surface area contributed by atoms with Crippen molar-refractivity contribution in [3.63, 3.8) is 0 Å². The van der Waals surface area contributed by atoms with Crippen LogP contribution in [0.25, 0.3) is 0 Å². The lowest BCUT2D eigenvalue weighted by atomic mass is 10.1. The zero-order valence-electron chi connectivity index (χ0n) is 9.28. The summed E-state index contributed by atoms with van der Waals surface area (Å²) >= 11 is 3.33. The molecule has 1 unspecified atom stereocenters. The molecule has 0 N–H and O–H groups in total. The highest BCUT2D eigenvalue weighted by atomic mass is 79.9. The van der Waals surface area contributed by atoms with E-state index in [4.69, 9.17) is 9.47 Å². The highest BCUT2D eigenvalue weighted by Gasteiger charge is 2.37. The lowest BCUT2D eigenvalue weighted by molar-refractivity contribution is -0.00721. The van der Waals surface area contributed by atoms with E-state index in [1.54, 1.807) is 0 Å². The topological polar surface area (TPSA) is 36.3 Å². The monoisotopic (exact) mass is 286 g/mol. The van der Waals surface area contributed by atoms with Gasteiger partial charge in [0, 0.05) is 12.7 Å². The maximum atomic E-state index is 5.86. The van der Waals surface area contributed by atoms with E-state index in [2.05, 4.69) is 28.0 Å². The number of aromatic nitrogens is 2. The van der Waals surface area contributed by atoms with E-state index in [0.29, 0.717) is 6.61 Å². The van der Waals surface area contributed by atoms with Crippen molar-refractivity contribution in [2.24, 2.45) is 5.92 Å².